The summed E-state index contributed by atoms with van der Waals surface area (Å²) < 4.78 is 14.4. The highest BCUT2D eigenvalue weighted by molar-refractivity contribution is 7.99. The van der Waals surface area contributed by atoms with Crippen LogP contribution >= 0.6 is 11.8 Å². The number of hydrogen-bond donors (Lipinski definition) is 4. The second kappa shape index (κ2) is 10.7. The molecule has 2 aliphatic rings. The van der Waals surface area contributed by atoms with Gasteiger partial charge in [-0.2, -0.15) is 0 Å². The van der Waals surface area contributed by atoms with Crippen molar-refractivity contribution in [1.29, 1.82) is 0 Å². The van der Waals surface area contributed by atoms with Crippen LogP contribution in [0.4, 0.5) is 0 Å². The number of aryl methyl sites for hydroxylation is 2. The molecule has 35 heavy (non-hydrogen) atoms. The maximum atomic E-state index is 12.2. The Kier molecular flexibility index (Phi) is 7.81. The predicted molar refractivity (Wildman–Crippen MR) is 127 cm³/mol. The van der Waals surface area contributed by atoms with Crippen LogP contribution in [-0.4, -0.2) is 59.3 Å². The van der Waals surface area contributed by atoms with Crippen LogP contribution in [0.5, 0.6) is 0 Å². The van der Waals surface area contributed by atoms with E-state index in [1.165, 1.54) is 33.3 Å². The van der Waals surface area contributed by atoms with Crippen LogP contribution in [0, 0.1) is 19.8 Å². The van der Waals surface area contributed by atoms with Crippen molar-refractivity contribution >= 4 is 11.8 Å². The largest absolute Gasteiger partial charge is 0.394 e. The molecule has 0 bridgehead atoms. The third-order valence-corrected chi connectivity index (χ3v) is 7.78. The molecule has 2 aliphatic heterocycles. The van der Waals surface area contributed by atoms with Crippen LogP contribution in [0.2, 0.25) is 0 Å². The number of aliphatic hydroxyl groups is 2. The van der Waals surface area contributed by atoms with Crippen LogP contribution in [0.3, 0.4) is 0 Å². The van der Waals surface area contributed by atoms with E-state index in [0.717, 1.165) is 12.8 Å². The average molecular weight is 511 g/mol. The third kappa shape index (κ3) is 5.54. The van der Waals surface area contributed by atoms with Crippen molar-refractivity contribution in [1.82, 2.24) is 19.1 Å². The number of thioether (sulfide) groups is 1. The second-order valence-electron chi connectivity index (χ2n) is 9.04. The van der Waals surface area contributed by atoms with Crippen molar-refractivity contribution in [3.05, 3.63) is 65.2 Å². The van der Waals surface area contributed by atoms with Crippen molar-refractivity contribution in [2.45, 2.75) is 69.6 Å². The van der Waals surface area contributed by atoms with Crippen molar-refractivity contribution in [2.24, 2.45) is 5.92 Å². The molecule has 0 spiro atoms. The van der Waals surface area contributed by atoms with Gasteiger partial charge in [-0.25, -0.2) is 9.59 Å². The lowest BCUT2D eigenvalue weighted by atomic mass is 9.96. The van der Waals surface area contributed by atoms with Crippen LogP contribution in [0.15, 0.2) is 31.6 Å². The lowest BCUT2D eigenvalue weighted by Gasteiger charge is -2.17. The summed E-state index contributed by atoms with van der Waals surface area (Å²) in [5.74, 6) is 0.694. The minimum absolute atomic E-state index is 0.0228. The van der Waals surface area contributed by atoms with Gasteiger partial charge in [-0.1, -0.05) is 0 Å². The summed E-state index contributed by atoms with van der Waals surface area (Å²) >= 11 is 1.44. The summed E-state index contributed by atoms with van der Waals surface area (Å²) in [5.41, 5.74) is -1.73. The van der Waals surface area contributed by atoms with Crippen LogP contribution in [-0.2, 0) is 9.47 Å². The molecule has 13 heteroatoms. The number of H-pyrrole nitrogens is 2. The second-order valence-corrected chi connectivity index (χ2v) is 10.2. The van der Waals surface area contributed by atoms with Crippen LogP contribution in [0.25, 0.3) is 0 Å². The molecule has 0 aromatic carbocycles. The molecule has 2 aromatic heterocycles. The standard InChI is InChI=1S/C22H30N4O8S/c1-11-8-25(21(31)23-18(11)29)16-6-13(15(10-27)33-16)4-3-5-35-20-14(28)7-17(34-20)26-9-12(2)19(30)24-22(26)32/h8-9,13-17,20,27-28H,3-7,10H2,1-2H3,(H,23,29,31)(H,24,30,32)/t13-,14?,15+,16+,17?,20?/m0/s1. The number of hydrogen-bond acceptors (Lipinski definition) is 9. The zero-order valence-electron chi connectivity index (χ0n) is 19.5. The van der Waals surface area contributed by atoms with Gasteiger partial charge in [0.05, 0.1) is 18.8 Å². The molecule has 192 valence electrons. The molecule has 12 nitrogen and oxygen atoms in total. The Hall–Kier alpha value is -2.45. The minimum Gasteiger partial charge on any atom is -0.394 e. The van der Waals surface area contributed by atoms with E-state index in [2.05, 4.69) is 9.97 Å². The Bertz CT molecular complexity index is 1280. The topological polar surface area (TPSA) is 169 Å². The van der Waals surface area contributed by atoms with Gasteiger partial charge in [0.2, 0.25) is 0 Å². The molecule has 4 rings (SSSR count). The van der Waals surface area contributed by atoms with Gasteiger partial charge in [0.15, 0.2) is 0 Å². The number of aliphatic hydroxyl groups excluding tert-OH is 2. The fraction of sp³-hybridized carbons (Fsp3) is 0.636. The third-order valence-electron chi connectivity index (χ3n) is 6.50. The Labute approximate surface area is 203 Å². The Morgan fingerprint density at radius 3 is 2.11 bits per heavy atom. The fourth-order valence-corrected chi connectivity index (χ4v) is 5.65. The molecule has 2 saturated heterocycles. The molecule has 3 unspecified atom stereocenters. The van der Waals surface area contributed by atoms with Crippen LogP contribution in [0.1, 0.15) is 49.3 Å². The van der Waals surface area contributed by atoms with Crippen molar-refractivity contribution in [3.8, 4) is 0 Å². The van der Waals surface area contributed by atoms with E-state index < -0.39 is 52.6 Å². The first-order chi connectivity index (χ1) is 16.7. The quantitative estimate of drug-likeness (QED) is 0.349. The molecule has 0 aliphatic carbocycles. The van der Waals surface area contributed by atoms with E-state index in [-0.39, 0.29) is 18.9 Å². The van der Waals surface area contributed by atoms with Gasteiger partial charge in [-0.05, 0) is 44.8 Å². The summed E-state index contributed by atoms with van der Waals surface area (Å²) in [4.78, 5) is 52.0. The molecular formula is C22H30N4O8S. The predicted octanol–water partition coefficient (Wildman–Crippen LogP) is -0.281. The monoisotopic (exact) mass is 510 g/mol. The highest BCUT2D eigenvalue weighted by Gasteiger charge is 2.37. The van der Waals surface area contributed by atoms with E-state index >= 15 is 0 Å². The van der Waals surface area contributed by atoms with Crippen molar-refractivity contribution in [2.75, 3.05) is 12.4 Å². The first-order valence-corrected chi connectivity index (χ1v) is 12.6. The van der Waals surface area contributed by atoms with E-state index in [9.17, 15) is 29.4 Å². The summed E-state index contributed by atoms with van der Waals surface area (Å²) in [6.45, 7) is 3.03. The van der Waals surface area contributed by atoms with E-state index in [1.54, 1.807) is 13.8 Å². The normalized spacial score (nSPS) is 28.6. The number of ether oxygens (including phenoxy) is 2. The lowest BCUT2D eigenvalue weighted by Crippen LogP contribution is -2.33. The summed E-state index contributed by atoms with van der Waals surface area (Å²) in [5, 5.41) is 20.2. The molecule has 6 atom stereocenters. The molecule has 0 saturated carbocycles. The maximum absolute atomic E-state index is 12.2. The number of rotatable bonds is 8. The number of aromatic amines is 2. The Morgan fingerprint density at radius 2 is 1.54 bits per heavy atom. The molecule has 2 fully saturated rings. The maximum Gasteiger partial charge on any atom is 0.330 e. The molecule has 0 radical (unpaired) electrons. The Morgan fingerprint density at radius 1 is 0.971 bits per heavy atom. The highest BCUT2D eigenvalue weighted by atomic mass is 32.2. The molecular weight excluding hydrogens is 480 g/mol. The lowest BCUT2D eigenvalue weighted by molar-refractivity contribution is -0.0332. The average Bonchev–Trinajstić information content (AvgIpc) is 3.39. The first-order valence-electron chi connectivity index (χ1n) is 11.5. The van der Waals surface area contributed by atoms with Crippen molar-refractivity contribution in [3.63, 3.8) is 0 Å². The summed E-state index contributed by atoms with van der Waals surface area (Å²) in [6, 6.07) is 0. The van der Waals surface area contributed by atoms with Gasteiger partial charge in [-0.15, -0.1) is 11.8 Å². The number of aromatic nitrogens is 4. The SMILES string of the molecule is Cc1cn(C2CC(O)C(SCCC[C@H]3C[C@H](n4cc(C)c(=O)[nH]c4=O)O[C@@H]3CO)O2)c(=O)[nH]c1=O. The van der Waals surface area contributed by atoms with E-state index in [4.69, 9.17) is 9.47 Å². The first kappa shape index (κ1) is 25.6. The fourth-order valence-electron chi connectivity index (χ4n) is 4.55. The van der Waals surface area contributed by atoms with Gasteiger partial charge in [-0.3, -0.25) is 28.7 Å². The van der Waals surface area contributed by atoms with Gasteiger partial charge >= 0.3 is 11.4 Å². The van der Waals surface area contributed by atoms with E-state index in [0.29, 0.717) is 23.3 Å². The molecule has 2 aromatic rings. The smallest absolute Gasteiger partial charge is 0.330 e. The zero-order valence-corrected chi connectivity index (χ0v) is 20.3. The molecule has 0 amide bonds. The molecule has 4 N–H and O–H groups in total. The van der Waals surface area contributed by atoms with Gasteiger partial charge in [0.1, 0.15) is 17.9 Å². The van der Waals surface area contributed by atoms with E-state index in [1.807, 2.05) is 0 Å². The summed E-state index contributed by atoms with van der Waals surface area (Å²) in [6.07, 6.45) is 2.77. The van der Waals surface area contributed by atoms with Crippen molar-refractivity contribution < 1.29 is 19.7 Å². The minimum atomic E-state index is -0.760. The molecule has 4 heterocycles. The highest BCUT2D eigenvalue weighted by Crippen LogP contribution is 2.37. The zero-order chi connectivity index (χ0) is 25.3. The number of nitrogens with zero attached hydrogens (tertiary/aromatic N) is 2. The Balaban J connectivity index is 1.30. The van der Waals surface area contributed by atoms with Gasteiger partial charge in [0.25, 0.3) is 11.1 Å². The number of nitrogens with one attached hydrogen (secondary N) is 2. The van der Waals surface area contributed by atoms with Gasteiger partial charge in [0, 0.05) is 29.9 Å². The van der Waals surface area contributed by atoms with Crippen LogP contribution < -0.4 is 22.5 Å². The summed E-state index contributed by atoms with van der Waals surface area (Å²) in [7, 11) is 0. The van der Waals surface area contributed by atoms with Gasteiger partial charge < -0.3 is 19.7 Å².